The van der Waals surface area contributed by atoms with Crippen LogP contribution >= 0.6 is 0 Å². The summed E-state index contributed by atoms with van der Waals surface area (Å²) in [6.07, 6.45) is 1.65. The van der Waals surface area contributed by atoms with Crippen LogP contribution in [0.1, 0.15) is 43.7 Å². The highest BCUT2D eigenvalue weighted by Crippen LogP contribution is 2.05. The molecular formula is C13H21N3O. The summed E-state index contributed by atoms with van der Waals surface area (Å²) in [6.45, 7) is 10.1. The number of hydrogen-bond acceptors (Lipinski definition) is 3. The molecule has 1 heterocycles. The number of hydrazine groups is 1. The zero-order valence-electron chi connectivity index (χ0n) is 11.2. The highest BCUT2D eigenvalue weighted by Gasteiger charge is 2.16. The lowest BCUT2D eigenvalue weighted by Crippen LogP contribution is -2.50. The van der Waals surface area contributed by atoms with Crippen LogP contribution in [0.5, 0.6) is 0 Å². The number of aromatic nitrogens is 1. The second kappa shape index (κ2) is 5.77. The van der Waals surface area contributed by atoms with Crippen LogP contribution in [0.15, 0.2) is 18.3 Å². The van der Waals surface area contributed by atoms with Crippen LogP contribution in [-0.2, 0) is 0 Å². The molecule has 4 heteroatoms. The van der Waals surface area contributed by atoms with Gasteiger partial charge in [-0.25, -0.2) is 5.01 Å². The summed E-state index contributed by atoms with van der Waals surface area (Å²) in [5.41, 5.74) is 4.41. The molecule has 0 bridgehead atoms. The van der Waals surface area contributed by atoms with Gasteiger partial charge in [0.1, 0.15) is 0 Å². The largest absolute Gasteiger partial charge is 0.284 e. The normalized spacial score (nSPS) is 11.3. The van der Waals surface area contributed by atoms with Crippen molar-refractivity contribution in [1.82, 2.24) is 15.4 Å². The van der Waals surface area contributed by atoms with Crippen LogP contribution in [0.2, 0.25) is 0 Å². The highest BCUT2D eigenvalue weighted by molar-refractivity contribution is 5.93. The van der Waals surface area contributed by atoms with Crippen molar-refractivity contribution >= 4 is 5.91 Å². The van der Waals surface area contributed by atoms with Crippen molar-refractivity contribution in [3.05, 3.63) is 29.6 Å². The summed E-state index contributed by atoms with van der Waals surface area (Å²) < 4.78 is 0. The number of carbonyl (C=O) groups is 1. The summed E-state index contributed by atoms with van der Waals surface area (Å²) >= 11 is 0. The Kier molecular flexibility index (Phi) is 4.63. The third-order valence-corrected chi connectivity index (χ3v) is 2.50. The maximum Gasteiger partial charge on any atom is 0.265 e. The first-order valence-corrected chi connectivity index (χ1v) is 5.93. The fourth-order valence-corrected chi connectivity index (χ4v) is 1.72. The molecule has 0 saturated heterocycles. The molecule has 0 saturated carbocycles. The molecule has 94 valence electrons. The van der Waals surface area contributed by atoms with E-state index in [-0.39, 0.29) is 18.0 Å². The Balaban J connectivity index is 2.77. The number of aryl methyl sites for hydroxylation is 1. The SMILES string of the molecule is Cc1cc(C(=O)NN(C(C)C)C(C)C)ccn1. The molecule has 0 unspecified atom stereocenters. The molecule has 0 atom stereocenters. The van der Waals surface area contributed by atoms with Gasteiger partial charge >= 0.3 is 0 Å². The quantitative estimate of drug-likeness (QED) is 0.813. The van der Waals surface area contributed by atoms with E-state index in [1.165, 1.54) is 0 Å². The molecule has 0 aromatic carbocycles. The summed E-state index contributed by atoms with van der Waals surface area (Å²) in [6, 6.07) is 4.04. The Morgan fingerprint density at radius 3 is 2.35 bits per heavy atom. The number of amides is 1. The Labute approximate surface area is 103 Å². The topological polar surface area (TPSA) is 45.2 Å². The van der Waals surface area contributed by atoms with E-state index in [2.05, 4.69) is 38.1 Å². The van der Waals surface area contributed by atoms with Crippen molar-refractivity contribution in [3.8, 4) is 0 Å². The van der Waals surface area contributed by atoms with Gasteiger partial charge in [-0.2, -0.15) is 0 Å². The van der Waals surface area contributed by atoms with Crippen molar-refractivity contribution in [3.63, 3.8) is 0 Å². The minimum atomic E-state index is -0.0853. The number of nitrogens with zero attached hydrogens (tertiary/aromatic N) is 2. The van der Waals surface area contributed by atoms with Crippen molar-refractivity contribution in [1.29, 1.82) is 0 Å². The summed E-state index contributed by atoms with van der Waals surface area (Å²) in [5.74, 6) is -0.0853. The second-order valence-electron chi connectivity index (χ2n) is 4.72. The first-order chi connectivity index (χ1) is 7.91. The van der Waals surface area contributed by atoms with Gasteiger partial charge in [-0.15, -0.1) is 0 Å². The number of rotatable bonds is 4. The van der Waals surface area contributed by atoms with Crippen molar-refractivity contribution < 1.29 is 4.79 Å². The van der Waals surface area contributed by atoms with E-state index >= 15 is 0 Å². The van der Waals surface area contributed by atoms with Gasteiger partial charge < -0.3 is 0 Å². The predicted molar refractivity (Wildman–Crippen MR) is 68.6 cm³/mol. The van der Waals surface area contributed by atoms with Crippen molar-refractivity contribution in [2.75, 3.05) is 0 Å². The minimum absolute atomic E-state index is 0.0853. The van der Waals surface area contributed by atoms with Gasteiger partial charge in [0.2, 0.25) is 0 Å². The molecule has 1 amide bonds. The lowest BCUT2D eigenvalue weighted by atomic mass is 10.2. The third kappa shape index (κ3) is 3.82. The zero-order valence-corrected chi connectivity index (χ0v) is 11.2. The average Bonchev–Trinajstić information content (AvgIpc) is 2.24. The molecule has 0 aliphatic heterocycles. The predicted octanol–water partition coefficient (Wildman–Crippen LogP) is 2.15. The van der Waals surface area contributed by atoms with Gasteiger partial charge in [0.15, 0.2) is 0 Å². The molecule has 1 aromatic rings. The monoisotopic (exact) mass is 235 g/mol. The Hall–Kier alpha value is -1.42. The zero-order chi connectivity index (χ0) is 13.0. The first kappa shape index (κ1) is 13.6. The fraction of sp³-hybridized carbons (Fsp3) is 0.538. The Bertz CT molecular complexity index is 380. The van der Waals surface area contributed by atoms with Crippen molar-refractivity contribution in [2.45, 2.75) is 46.7 Å². The summed E-state index contributed by atoms with van der Waals surface area (Å²) in [5, 5.41) is 1.94. The van der Waals surface area contributed by atoms with Gasteiger partial charge in [0.25, 0.3) is 5.91 Å². The highest BCUT2D eigenvalue weighted by atomic mass is 16.2. The average molecular weight is 235 g/mol. The van der Waals surface area contributed by atoms with E-state index in [9.17, 15) is 4.79 Å². The summed E-state index contributed by atoms with van der Waals surface area (Å²) in [7, 11) is 0. The first-order valence-electron chi connectivity index (χ1n) is 5.93. The lowest BCUT2D eigenvalue weighted by molar-refractivity contribution is 0.0622. The van der Waals surface area contributed by atoms with Gasteiger partial charge in [0, 0.05) is 29.5 Å². The molecule has 0 spiro atoms. The van der Waals surface area contributed by atoms with E-state index in [4.69, 9.17) is 0 Å². The Morgan fingerprint density at radius 2 is 1.88 bits per heavy atom. The number of pyridine rings is 1. The minimum Gasteiger partial charge on any atom is -0.284 e. The molecule has 4 nitrogen and oxygen atoms in total. The molecular weight excluding hydrogens is 214 g/mol. The summed E-state index contributed by atoms with van der Waals surface area (Å²) in [4.78, 5) is 16.1. The van der Waals surface area contributed by atoms with Crippen molar-refractivity contribution in [2.24, 2.45) is 0 Å². The van der Waals surface area contributed by atoms with E-state index in [1.54, 1.807) is 18.3 Å². The Morgan fingerprint density at radius 1 is 1.29 bits per heavy atom. The second-order valence-corrected chi connectivity index (χ2v) is 4.72. The van der Waals surface area contributed by atoms with Crippen LogP contribution in [-0.4, -0.2) is 28.0 Å². The third-order valence-electron chi connectivity index (χ3n) is 2.50. The van der Waals surface area contributed by atoms with E-state index in [1.807, 2.05) is 11.9 Å². The van der Waals surface area contributed by atoms with E-state index in [0.717, 1.165) is 5.69 Å². The van der Waals surface area contributed by atoms with Gasteiger partial charge in [-0.05, 0) is 46.8 Å². The molecule has 0 aliphatic carbocycles. The maximum atomic E-state index is 12.0. The molecule has 1 rings (SSSR count). The molecule has 17 heavy (non-hydrogen) atoms. The van der Waals surface area contributed by atoms with Crippen LogP contribution in [0, 0.1) is 6.92 Å². The number of nitrogens with one attached hydrogen (secondary N) is 1. The number of hydrogen-bond donors (Lipinski definition) is 1. The number of carbonyl (C=O) groups excluding carboxylic acids is 1. The standard InChI is InChI=1S/C13H21N3O/c1-9(2)16(10(3)4)15-13(17)12-6-7-14-11(5)8-12/h6-10H,1-5H3,(H,15,17). The maximum absolute atomic E-state index is 12.0. The molecule has 0 radical (unpaired) electrons. The van der Waals surface area contributed by atoms with E-state index in [0.29, 0.717) is 5.56 Å². The van der Waals surface area contributed by atoms with Crippen LogP contribution in [0.25, 0.3) is 0 Å². The molecule has 1 N–H and O–H groups in total. The molecule has 0 fully saturated rings. The van der Waals surface area contributed by atoms with Crippen LogP contribution in [0.4, 0.5) is 0 Å². The molecule has 0 aliphatic rings. The van der Waals surface area contributed by atoms with Gasteiger partial charge in [-0.1, -0.05) is 0 Å². The smallest absolute Gasteiger partial charge is 0.265 e. The lowest BCUT2D eigenvalue weighted by Gasteiger charge is -2.30. The van der Waals surface area contributed by atoms with Gasteiger partial charge in [-0.3, -0.25) is 15.2 Å². The van der Waals surface area contributed by atoms with E-state index < -0.39 is 0 Å². The van der Waals surface area contributed by atoms with Crippen LogP contribution in [0.3, 0.4) is 0 Å². The van der Waals surface area contributed by atoms with Crippen LogP contribution < -0.4 is 5.43 Å². The molecule has 1 aromatic heterocycles. The van der Waals surface area contributed by atoms with Gasteiger partial charge in [0.05, 0.1) is 0 Å². The fourth-order valence-electron chi connectivity index (χ4n) is 1.72.